The van der Waals surface area contributed by atoms with Gasteiger partial charge in [-0.15, -0.1) is 0 Å². The third-order valence-electron chi connectivity index (χ3n) is 4.46. The van der Waals surface area contributed by atoms with E-state index in [2.05, 4.69) is 18.3 Å². The molecule has 0 amide bonds. The van der Waals surface area contributed by atoms with Crippen molar-refractivity contribution in [2.75, 3.05) is 13.2 Å². The predicted octanol–water partition coefficient (Wildman–Crippen LogP) is 3.97. The molecular weight excluding hydrogens is 312 g/mol. The van der Waals surface area contributed by atoms with Crippen LogP contribution in [-0.2, 0) is 11.3 Å². The van der Waals surface area contributed by atoms with Crippen molar-refractivity contribution in [1.82, 2.24) is 5.32 Å². The lowest BCUT2D eigenvalue weighted by atomic mass is 9.98. The quantitative estimate of drug-likeness (QED) is 0.741. The maximum Gasteiger partial charge on any atom is 0.119 e. The highest BCUT2D eigenvalue weighted by Crippen LogP contribution is 2.34. The molecule has 1 aliphatic heterocycles. The minimum absolute atomic E-state index is 0.0753. The Bertz CT molecular complexity index is 724. The van der Waals surface area contributed by atoms with Crippen LogP contribution in [0.1, 0.15) is 42.6 Å². The van der Waals surface area contributed by atoms with E-state index in [0.29, 0.717) is 24.8 Å². The van der Waals surface area contributed by atoms with E-state index in [4.69, 9.17) is 14.7 Å². The first-order valence-electron chi connectivity index (χ1n) is 8.82. The molecule has 2 aromatic rings. The summed E-state index contributed by atoms with van der Waals surface area (Å²) >= 11 is 0. The number of nitriles is 1. The SMILES string of the molecule is CC(CC1OCc2ccc(C#N)cc21)NCCCOc1ccccc1. The van der Waals surface area contributed by atoms with Gasteiger partial charge in [-0.1, -0.05) is 24.3 Å². The van der Waals surface area contributed by atoms with E-state index in [1.54, 1.807) is 0 Å². The summed E-state index contributed by atoms with van der Waals surface area (Å²) in [6.45, 7) is 4.43. The molecule has 0 fully saturated rings. The van der Waals surface area contributed by atoms with E-state index >= 15 is 0 Å². The molecule has 3 rings (SSSR count). The summed E-state index contributed by atoms with van der Waals surface area (Å²) in [6, 6.07) is 18.3. The average Bonchev–Trinajstić information content (AvgIpc) is 3.04. The molecule has 0 radical (unpaired) electrons. The number of hydrogen-bond acceptors (Lipinski definition) is 4. The van der Waals surface area contributed by atoms with Gasteiger partial charge >= 0.3 is 0 Å². The van der Waals surface area contributed by atoms with Crippen molar-refractivity contribution in [2.45, 2.75) is 38.5 Å². The highest BCUT2D eigenvalue weighted by molar-refractivity contribution is 5.40. The predicted molar refractivity (Wildman–Crippen MR) is 97.3 cm³/mol. The summed E-state index contributed by atoms with van der Waals surface area (Å²) in [7, 11) is 0. The number of ether oxygens (including phenoxy) is 2. The van der Waals surface area contributed by atoms with Crippen LogP contribution in [-0.4, -0.2) is 19.2 Å². The first-order chi connectivity index (χ1) is 12.3. The molecule has 0 aromatic heterocycles. The standard InChI is InChI=1S/C21H24N2O2/c1-16(23-10-5-11-24-19-6-3-2-4-7-19)12-21-20-13-17(14-22)8-9-18(20)15-25-21/h2-4,6-9,13,16,21,23H,5,10-12,15H2,1H3. The topological polar surface area (TPSA) is 54.3 Å². The number of nitrogens with zero attached hydrogens (tertiary/aromatic N) is 1. The van der Waals surface area contributed by atoms with Gasteiger partial charge in [0.1, 0.15) is 5.75 Å². The molecular formula is C21H24N2O2. The van der Waals surface area contributed by atoms with Crippen molar-refractivity contribution in [3.8, 4) is 11.8 Å². The molecule has 130 valence electrons. The van der Waals surface area contributed by atoms with Gasteiger partial charge in [0, 0.05) is 6.04 Å². The average molecular weight is 336 g/mol. The van der Waals surface area contributed by atoms with Gasteiger partial charge in [-0.2, -0.15) is 5.26 Å². The van der Waals surface area contributed by atoms with Crippen LogP contribution in [0, 0.1) is 11.3 Å². The van der Waals surface area contributed by atoms with Crippen LogP contribution < -0.4 is 10.1 Å². The molecule has 4 heteroatoms. The third-order valence-corrected chi connectivity index (χ3v) is 4.46. The van der Waals surface area contributed by atoms with Crippen molar-refractivity contribution in [1.29, 1.82) is 5.26 Å². The lowest BCUT2D eigenvalue weighted by Gasteiger charge is -2.19. The summed E-state index contributed by atoms with van der Waals surface area (Å²) in [4.78, 5) is 0. The highest BCUT2D eigenvalue weighted by atomic mass is 16.5. The molecule has 2 aromatic carbocycles. The van der Waals surface area contributed by atoms with E-state index < -0.39 is 0 Å². The lowest BCUT2D eigenvalue weighted by Crippen LogP contribution is -2.29. The van der Waals surface area contributed by atoms with E-state index in [0.717, 1.165) is 25.1 Å². The van der Waals surface area contributed by atoms with Crippen molar-refractivity contribution in [2.24, 2.45) is 0 Å². The van der Waals surface area contributed by atoms with Gasteiger partial charge in [0.25, 0.3) is 0 Å². The summed E-state index contributed by atoms with van der Waals surface area (Å²) in [5.41, 5.74) is 3.07. The van der Waals surface area contributed by atoms with Crippen LogP contribution in [0.2, 0.25) is 0 Å². The molecule has 2 unspecified atom stereocenters. The molecule has 2 atom stereocenters. The van der Waals surface area contributed by atoms with E-state index in [-0.39, 0.29) is 6.10 Å². The summed E-state index contributed by atoms with van der Waals surface area (Å²) in [6.07, 6.45) is 1.94. The largest absolute Gasteiger partial charge is 0.494 e. The maximum atomic E-state index is 9.07. The van der Waals surface area contributed by atoms with Gasteiger partial charge in [-0.05, 0) is 61.7 Å². The second-order valence-corrected chi connectivity index (χ2v) is 6.43. The third kappa shape index (κ3) is 4.82. The number of nitrogens with one attached hydrogen (secondary N) is 1. The second-order valence-electron chi connectivity index (χ2n) is 6.43. The van der Waals surface area contributed by atoms with Crippen LogP contribution in [0.3, 0.4) is 0 Å². The van der Waals surface area contributed by atoms with E-state index in [1.165, 1.54) is 11.1 Å². The fourth-order valence-electron chi connectivity index (χ4n) is 3.10. The Morgan fingerprint density at radius 2 is 2.12 bits per heavy atom. The zero-order valence-corrected chi connectivity index (χ0v) is 14.6. The Hall–Kier alpha value is -2.35. The fraction of sp³-hybridized carbons (Fsp3) is 0.381. The highest BCUT2D eigenvalue weighted by Gasteiger charge is 2.25. The van der Waals surface area contributed by atoms with Gasteiger partial charge < -0.3 is 14.8 Å². The normalized spacial score (nSPS) is 16.9. The molecule has 4 nitrogen and oxygen atoms in total. The molecule has 25 heavy (non-hydrogen) atoms. The van der Waals surface area contributed by atoms with Crippen LogP contribution in [0.25, 0.3) is 0 Å². The zero-order valence-electron chi connectivity index (χ0n) is 14.6. The molecule has 1 aliphatic rings. The molecule has 1 N–H and O–H groups in total. The van der Waals surface area contributed by atoms with Gasteiger partial charge in [-0.3, -0.25) is 0 Å². The Labute approximate surface area is 149 Å². The molecule has 1 heterocycles. The molecule has 0 saturated heterocycles. The summed E-state index contributed by atoms with van der Waals surface area (Å²) < 4.78 is 11.6. The van der Waals surface area contributed by atoms with Gasteiger partial charge in [0.05, 0.1) is 31.0 Å². The minimum Gasteiger partial charge on any atom is -0.494 e. The minimum atomic E-state index is 0.0753. The smallest absolute Gasteiger partial charge is 0.119 e. The summed E-state index contributed by atoms with van der Waals surface area (Å²) in [5.74, 6) is 0.916. The lowest BCUT2D eigenvalue weighted by molar-refractivity contribution is 0.0537. The fourth-order valence-corrected chi connectivity index (χ4v) is 3.10. The monoisotopic (exact) mass is 336 g/mol. The number of benzene rings is 2. The van der Waals surface area contributed by atoms with Crippen molar-refractivity contribution in [3.05, 3.63) is 65.2 Å². The first-order valence-corrected chi connectivity index (χ1v) is 8.82. The molecule has 0 aliphatic carbocycles. The van der Waals surface area contributed by atoms with Gasteiger partial charge in [0.15, 0.2) is 0 Å². The number of rotatable bonds is 8. The van der Waals surface area contributed by atoms with Crippen LogP contribution >= 0.6 is 0 Å². The number of fused-ring (bicyclic) bond motifs is 1. The maximum absolute atomic E-state index is 9.07. The Kier molecular flexibility index (Phi) is 6.05. The van der Waals surface area contributed by atoms with Crippen molar-refractivity contribution < 1.29 is 9.47 Å². The molecule has 0 spiro atoms. The van der Waals surface area contributed by atoms with Crippen molar-refractivity contribution >= 4 is 0 Å². The van der Waals surface area contributed by atoms with Gasteiger partial charge in [0.2, 0.25) is 0 Å². The zero-order chi connectivity index (χ0) is 17.5. The molecule has 0 bridgehead atoms. The second kappa shape index (κ2) is 8.66. The van der Waals surface area contributed by atoms with Crippen LogP contribution in [0.15, 0.2) is 48.5 Å². The first kappa shape index (κ1) is 17.5. The van der Waals surface area contributed by atoms with Crippen LogP contribution in [0.4, 0.5) is 0 Å². The van der Waals surface area contributed by atoms with E-state index in [1.807, 2.05) is 48.5 Å². The Morgan fingerprint density at radius 3 is 2.92 bits per heavy atom. The summed E-state index contributed by atoms with van der Waals surface area (Å²) in [5, 5.41) is 12.6. The molecule has 0 saturated carbocycles. The number of para-hydroxylation sites is 1. The number of hydrogen-bond donors (Lipinski definition) is 1. The Morgan fingerprint density at radius 1 is 1.28 bits per heavy atom. The van der Waals surface area contributed by atoms with Gasteiger partial charge in [-0.25, -0.2) is 0 Å². The van der Waals surface area contributed by atoms with E-state index in [9.17, 15) is 0 Å². The Balaban J connectivity index is 1.39. The van der Waals surface area contributed by atoms with Crippen molar-refractivity contribution in [3.63, 3.8) is 0 Å². The van der Waals surface area contributed by atoms with Crippen LogP contribution in [0.5, 0.6) is 5.75 Å².